The van der Waals surface area contributed by atoms with Gasteiger partial charge in [-0.3, -0.25) is 5.10 Å². The second-order valence-corrected chi connectivity index (χ2v) is 5.99. The second-order valence-electron chi connectivity index (χ2n) is 5.99. The molecule has 0 spiro atoms. The molecule has 3 heteroatoms. The number of H-pyrrole nitrogens is 1. The van der Waals surface area contributed by atoms with E-state index in [0.717, 1.165) is 19.0 Å². The van der Waals surface area contributed by atoms with Crippen LogP contribution in [0.15, 0.2) is 12.3 Å². The highest BCUT2D eigenvalue weighted by molar-refractivity contribution is 4.97. The zero-order chi connectivity index (χ0) is 12.1. The molecule has 0 atom stereocenters. The van der Waals surface area contributed by atoms with Crippen LogP contribution in [-0.2, 0) is 6.54 Å². The zero-order valence-corrected chi connectivity index (χ0v) is 11.1. The molecule has 1 aromatic rings. The molecule has 2 rings (SSSR count). The Morgan fingerprint density at radius 1 is 1.41 bits per heavy atom. The van der Waals surface area contributed by atoms with Gasteiger partial charge >= 0.3 is 0 Å². The van der Waals surface area contributed by atoms with Crippen LogP contribution < -0.4 is 5.32 Å². The van der Waals surface area contributed by atoms with Gasteiger partial charge in [0.25, 0.3) is 0 Å². The van der Waals surface area contributed by atoms with E-state index in [9.17, 15) is 0 Å². The molecule has 0 unspecified atom stereocenters. The fourth-order valence-electron chi connectivity index (χ4n) is 3.29. The van der Waals surface area contributed by atoms with Crippen LogP contribution >= 0.6 is 0 Å². The monoisotopic (exact) mass is 235 g/mol. The van der Waals surface area contributed by atoms with Gasteiger partial charge in [-0.05, 0) is 36.7 Å². The molecule has 1 heterocycles. The van der Waals surface area contributed by atoms with Gasteiger partial charge in [-0.1, -0.05) is 26.7 Å². The van der Waals surface area contributed by atoms with Crippen molar-refractivity contribution in [3.8, 4) is 0 Å². The summed E-state index contributed by atoms with van der Waals surface area (Å²) in [5, 5.41) is 10.6. The molecule has 3 nitrogen and oxygen atoms in total. The van der Waals surface area contributed by atoms with Gasteiger partial charge in [0.05, 0.1) is 0 Å². The van der Waals surface area contributed by atoms with Crippen LogP contribution in [0.4, 0.5) is 0 Å². The van der Waals surface area contributed by atoms with Gasteiger partial charge in [0, 0.05) is 25.0 Å². The summed E-state index contributed by atoms with van der Waals surface area (Å²) in [6.07, 6.45) is 8.82. The Hall–Kier alpha value is -0.830. The predicted molar refractivity (Wildman–Crippen MR) is 70.7 cm³/mol. The van der Waals surface area contributed by atoms with Crippen molar-refractivity contribution in [3.63, 3.8) is 0 Å². The summed E-state index contributed by atoms with van der Waals surface area (Å²) in [5.74, 6) is 0.807. The average molecular weight is 235 g/mol. The van der Waals surface area contributed by atoms with Gasteiger partial charge in [0.1, 0.15) is 0 Å². The predicted octanol–water partition coefficient (Wildman–Crippen LogP) is 3.11. The maximum absolute atomic E-state index is 3.97. The van der Waals surface area contributed by atoms with Crippen LogP contribution in [0, 0.1) is 11.3 Å². The highest BCUT2D eigenvalue weighted by Crippen LogP contribution is 2.42. The van der Waals surface area contributed by atoms with E-state index in [4.69, 9.17) is 0 Å². The molecule has 96 valence electrons. The van der Waals surface area contributed by atoms with E-state index in [1.807, 2.05) is 12.3 Å². The first-order chi connectivity index (χ1) is 8.20. The van der Waals surface area contributed by atoms with Crippen molar-refractivity contribution in [2.45, 2.75) is 52.5 Å². The molecule has 0 aliphatic heterocycles. The fourth-order valence-corrected chi connectivity index (χ4v) is 3.29. The lowest BCUT2D eigenvalue weighted by molar-refractivity contribution is 0.223. The largest absolute Gasteiger partial charge is 0.311 e. The average Bonchev–Trinajstić information content (AvgIpc) is 2.89. The van der Waals surface area contributed by atoms with Crippen LogP contribution in [0.1, 0.15) is 51.6 Å². The van der Waals surface area contributed by atoms with Crippen molar-refractivity contribution >= 4 is 0 Å². The summed E-state index contributed by atoms with van der Waals surface area (Å²) < 4.78 is 0. The number of aromatic nitrogens is 2. The smallest absolute Gasteiger partial charge is 0.0490 e. The Balaban J connectivity index is 1.81. The summed E-state index contributed by atoms with van der Waals surface area (Å²) >= 11 is 0. The summed E-state index contributed by atoms with van der Waals surface area (Å²) in [5.41, 5.74) is 1.75. The van der Waals surface area contributed by atoms with Crippen LogP contribution in [0.3, 0.4) is 0 Å². The number of rotatable bonds is 6. The van der Waals surface area contributed by atoms with E-state index < -0.39 is 0 Å². The van der Waals surface area contributed by atoms with E-state index in [1.54, 1.807) is 0 Å². The van der Waals surface area contributed by atoms with Gasteiger partial charge in [-0.25, -0.2) is 0 Å². The van der Waals surface area contributed by atoms with Crippen molar-refractivity contribution in [1.82, 2.24) is 15.5 Å². The van der Waals surface area contributed by atoms with Gasteiger partial charge in [0.15, 0.2) is 0 Å². The van der Waals surface area contributed by atoms with Crippen molar-refractivity contribution in [3.05, 3.63) is 18.0 Å². The number of hydrogen-bond donors (Lipinski definition) is 2. The topological polar surface area (TPSA) is 40.7 Å². The highest BCUT2D eigenvalue weighted by atomic mass is 15.1. The maximum atomic E-state index is 3.97. The SMILES string of the molecule is CC(C)CC1(CNCc2ccn[nH]2)CCCC1. The van der Waals surface area contributed by atoms with E-state index in [2.05, 4.69) is 29.4 Å². The second kappa shape index (κ2) is 5.67. The molecule has 1 saturated carbocycles. The first-order valence-corrected chi connectivity index (χ1v) is 6.89. The van der Waals surface area contributed by atoms with E-state index in [-0.39, 0.29) is 0 Å². The Labute approximate surface area is 104 Å². The summed E-state index contributed by atoms with van der Waals surface area (Å²) in [7, 11) is 0. The van der Waals surface area contributed by atoms with Crippen LogP contribution in [0.5, 0.6) is 0 Å². The molecule has 0 amide bonds. The van der Waals surface area contributed by atoms with Crippen molar-refractivity contribution in [2.24, 2.45) is 11.3 Å². The first kappa shape index (κ1) is 12.6. The van der Waals surface area contributed by atoms with E-state index in [0.29, 0.717) is 5.41 Å². The quantitative estimate of drug-likeness (QED) is 0.795. The van der Waals surface area contributed by atoms with E-state index in [1.165, 1.54) is 37.8 Å². The third-order valence-corrected chi connectivity index (χ3v) is 3.88. The summed E-state index contributed by atoms with van der Waals surface area (Å²) in [6, 6.07) is 2.04. The minimum atomic E-state index is 0.564. The van der Waals surface area contributed by atoms with Crippen molar-refractivity contribution < 1.29 is 0 Å². The molecular weight excluding hydrogens is 210 g/mol. The Morgan fingerprint density at radius 3 is 2.76 bits per heavy atom. The van der Waals surface area contributed by atoms with Gasteiger partial charge < -0.3 is 5.32 Å². The molecule has 1 aliphatic rings. The first-order valence-electron chi connectivity index (χ1n) is 6.89. The normalized spacial score (nSPS) is 19.0. The van der Waals surface area contributed by atoms with Gasteiger partial charge in [0.2, 0.25) is 0 Å². The van der Waals surface area contributed by atoms with E-state index >= 15 is 0 Å². The Kier molecular flexibility index (Phi) is 4.21. The lowest BCUT2D eigenvalue weighted by Gasteiger charge is -2.31. The maximum Gasteiger partial charge on any atom is 0.0490 e. The molecule has 1 aromatic heterocycles. The molecule has 1 aliphatic carbocycles. The standard InChI is InChI=1S/C14H25N3/c1-12(2)9-14(6-3-4-7-14)11-15-10-13-5-8-16-17-13/h5,8,12,15H,3-4,6-7,9-11H2,1-2H3,(H,16,17). The number of nitrogens with one attached hydrogen (secondary N) is 2. The lowest BCUT2D eigenvalue weighted by atomic mass is 9.78. The summed E-state index contributed by atoms with van der Waals surface area (Å²) in [6.45, 7) is 6.76. The molecule has 0 saturated heterocycles. The molecule has 0 radical (unpaired) electrons. The molecule has 1 fully saturated rings. The minimum absolute atomic E-state index is 0.564. The van der Waals surface area contributed by atoms with Crippen molar-refractivity contribution in [2.75, 3.05) is 6.54 Å². The zero-order valence-electron chi connectivity index (χ0n) is 11.1. The Bertz CT molecular complexity index is 310. The van der Waals surface area contributed by atoms with Crippen molar-refractivity contribution in [1.29, 1.82) is 0 Å². The minimum Gasteiger partial charge on any atom is -0.311 e. The van der Waals surface area contributed by atoms with Crippen LogP contribution in [-0.4, -0.2) is 16.7 Å². The molecule has 0 aromatic carbocycles. The number of hydrogen-bond acceptors (Lipinski definition) is 2. The highest BCUT2D eigenvalue weighted by Gasteiger charge is 2.33. The lowest BCUT2D eigenvalue weighted by Crippen LogP contribution is -2.33. The fraction of sp³-hybridized carbons (Fsp3) is 0.786. The van der Waals surface area contributed by atoms with Crippen LogP contribution in [0.2, 0.25) is 0 Å². The Morgan fingerprint density at radius 2 is 2.18 bits per heavy atom. The molecule has 2 N–H and O–H groups in total. The van der Waals surface area contributed by atoms with Gasteiger partial charge in [-0.2, -0.15) is 5.10 Å². The summed E-state index contributed by atoms with van der Waals surface area (Å²) in [4.78, 5) is 0. The molecule has 0 bridgehead atoms. The molecule has 17 heavy (non-hydrogen) atoms. The third kappa shape index (κ3) is 3.56. The third-order valence-electron chi connectivity index (χ3n) is 3.88. The van der Waals surface area contributed by atoms with Crippen LogP contribution in [0.25, 0.3) is 0 Å². The number of aromatic amines is 1. The van der Waals surface area contributed by atoms with Gasteiger partial charge in [-0.15, -0.1) is 0 Å². The molecular formula is C14H25N3. The number of nitrogens with zero attached hydrogens (tertiary/aromatic N) is 1.